The molecule has 0 spiro atoms. The van der Waals surface area contributed by atoms with Crippen molar-refractivity contribution in [2.75, 3.05) is 55.9 Å². The molecule has 0 heterocycles. The van der Waals surface area contributed by atoms with E-state index in [1.165, 1.54) is 51.4 Å². The van der Waals surface area contributed by atoms with Gasteiger partial charge in [-0.25, -0.2) is 0 Å². The van der Waals surface area contributed by atoms with Crippen LogP contribution in [-0.2, 0) is 17.7 Å². The number of unbranched alkanes of at least 4 members (excludes halogenated alkanes) is 17. The van der Waals surface area contributed by atoms with Gasteiger partial charge in [0, 0.05) is 0 Å². The summed E-state index contributed by atoms with van der Waals surface area (Å²) in [5.74, 6) is 0. The van der Waals surface area contributed by atoms with Gasteiger partial charge in [-0.05, 0) is 0 Å². The second-order valence-electron chi connectivity index (χ2n) is 17.0. The van der Waals surface area contributed by atoms with Gasteiger partial charge in [-0.3, -0.25) is 0 Å². The SMILES string of the molecule is CCCCCCCCCCCCOP(=O)(OP(CCCC)(CCCC)(CCCC)CCCC)OP(CCCC)(CCCC)(CCCC)CCCC. The van der Waals surface area contributed by atoms with E-state index in [0.717, 1.165) is 165 Å². The van der Waals surface area contributed by atoms with Gasteiger partial charge in [-0.1, -0.05) is 19.8 Å². The van der Waals surface area contributed by atoms with E-state index in [1.807, 2.05) is 0 Å². The maximum absolute atomic E-state index is 16.2. The van der Waals surface area contributed by atoms with Crippen LogP contribution in [0.25, 0.3) is 0 Å². The number of phosphoric acid groups is 1. The molecule has 0 aliphatic carbocycles. The number of rotatable bonds is 40. The molecule has 4 nitrogen and oxygen atoms in total. The summed E-state index contributed by atoms with van der Waals surface area (Å²) >= 11 is 0. The topological polar surface area (TPSA) is 44.8 Å². The van der Waals surface area contributed by atoms with Crippen molar-refractivity contribution >= 4 is 21.5 Å². The Morgan fingerprint density at radius 2 is 0.529 bits per heavy atom. The molecule has 0 amide bonds. The summed E-state index contributed by atoms with van der Waals surface area (Å²) < 4.78 is 38.7. The van der Waals surface area contributed by atoms with E-state index in [0.29, 0.717) is 6.61 Å². The predicted molar refractivity (Wildman–Crippen MR) is 240 cm³/mol. The summed E-state index contributed by atoms with van der Waals surface area (Å²) in [5.41, 5.74) is 0. The van der Waals surface area contributed by atoms with Crippen molar-refractivity contribution in [1.82, 2.24) is 0 Å². The first-order valence-electron chi connectivity index (χ1n) is 23.3. The van der Waals surface area contributed by atoms with Gasteiger partial charge >= 0.3 is 305 Å². The zero-order valence-electron chi connectivity index (χ0n) is 36.7. The van der Waals surface area contributed by atoms with E-state index < -0.39 is 21.5 Å². The van der Waals surface area contributed by atoms with Crippen LogP contribution in [0.4, 0.5) is 0 Å². The third kappa shape index (κ3) is 20.6. The van der Waals surface area contributed by atoms with Gasteiger partial charge in [0.1, 0.15) is 0 Å². The van der Waals surface area contributed by atoms with Crippen molar-refractivity contribution in [1.29, 1.82) is 0 Å². The normalized spacial score (nSPS) is 15.3. The van der Waals surface area contributed by atoms with Crippen LogP contribution in [0.15, 0.2) is 0 Å². The fraction of sp³-hybridized carbons (Fsp3) is 1.00. The Morgan fingerprint density at radius 1 is 0.314 bits per heavy atom. The van der Waals surface area contributed by atoms with E-state index in [1.54, 1.807) is 0 Å². The summed E-state index contributed by atoms with van der Waals surface area (Å²) in [6.07, 6.45) is 39.8. The van der Waals surface area contributed by atoms with Crippen LogP contribution in [0.5, 0.6) is 0 Å². The van der Waals surface area contributed by atoms with Gasteiger partial charge in [-0.2, -0.15) is 0 Å². The first kappa shape index (κ1) is 52.0. The summed E-state index contributed by atoms with van der Waals surface area (Å²) in [4.78, 5) is 0. The molecule has 0 aromatic heterocycles. The average molecular weight is 783 g/mol. The Labute approximate surface area is 323 Å². The molecule has 51 heavy (non-hydrogen) atoms. The standard InChI is InChI=1S/C44H97O4P3/c1-10-19-28-29-30-31-32-33-34-35-36-46-49(45,47-50(37-20-11-2,38-21-12-3,39-22-13-4)40-23-14-5)48-51(41-24-15-6,42-25-16-7,43-26-17-8)44-27-18-9/h10-44H2,1-9H3. The van der Waals surface area contributed by atoms with E-state index in [-0.39, 0.29) is 0 Å². The van der Waals surface area contributed by atoms with Gasteiger partial charge in [0.2, 0.25) is 0 Å². The molecule has 0 rings (SSSR count). The van der Waals surface area contributed by atoms with Crippen LogP contribution >= 0.6 is 21.5 Å². The molecule has 0 saturated heterocycles. The Balaban J connectivity index is 7.07. The van der Waals surface area contributed by atoms with Crippen molar-refractivity contribution in [2.24, 2.45) is 0 Å². The zero-order chi connectivity index (χ0) is 38.3. The van der Waals surface area contributed by atoms with Crippen LogP contribution in [0.1, 0.15) is 229 Å². The molecule has 0 aliphatic rings. The monoisotopic (exact) mass is 783 g/mol. The van der Waals surface area contributed by atoms with Gasteiger partial charge in [0.25, 0.3) is 0 Å². The average Bonchev–Trinajstić information content (AvgIpc) is 3.14. The van der Waals surface area contributed by atoms with Gasteiger partial charge in [0.05, 0.1) is 0 Å². The van der Waals surface area contributed by atoms with Gasteiger partial charge < -0.3 is 0 Å². The minimum atomic E-state index is -3.88. The molecule has 0 N–H and O–H groups in total. The van der Waals surface area contributed by atoms with Crippen molar-refractivity contribution in [2.45, 2.75) is 229 Å². The van der Waals surface area contributed by atoms with Crippen molar-refractivity contribution in [3.8, 4) is 0 Å². The molecular weight excluding hydrogens is 685 g/mol. The molecule has 0 bridgehead atoms. The summed E-state index contributed by atoms with van der Waals surface area (Å²) in [6.45, 7) is 15.5. The fourth-order valence-corrected chi connectivity index (χ4v) is 28.4. The Kier molecular flexibility index (Phi) is 30.7. The molecule has 0 fully saturated rings. The van der Waals surface area contributed by atoms with E-state index in [4.69, 9.17) is 13.1 Å². The first-order valence-corrected chi connectivity index (χ1v) is 30.5. The molecule has 0 aromatic carbocycles. The first-order chi connectivity index (χ1) is 24.6. The van der Waals surface area contributed by atoms with E-state index >= 15 is 4.57 Å². The van der Waals surface area contributed by atoms with Gasteiger partial charge in [0.15, 0.2) is 0 Å². The summed E-state index contributed by atoms with van der Waals surface area (Å²) in [7, 11) is -3.88. The van der Waals surface area contributed by atoms with Gasteiger partial charge in [-0.15, -0.1) is 0 Å². The molecule has 0 radical (unpaired) electrons. The molecule has 0 atom stereocenters. The molecule has 0 saturated carbocycles. The fourth-order valence-electron chi connectivity index (χ4n) is 8.53. The molecular formula is C44H97O4P3. The van der Waals surface area contributed by atoms with E-state index in [9.17, 15) is 0 Å². The molecule has 7 heteroatoms. The van der Waals surface area contributed by atoms with Crippen LogP contribution in [-0.4, -0.2) is 55.9 Å². The van der Waals surface area contributed by atoms with Crippen molar-refractivity contribution < 1.29 is 17.7 Å². The Hall–Kier alpha value is 0.970. The third-order valence-corrected chi connectivity index (χ3v) is 29.4. The minimum absolute atomic E-state index is 0.499. The molecule has 0 aromatic rings. The number of hydrogen-bond acceptors (Lipinski definition) is 4. The van der Waals surface area contributed by atoms with E-state index in [2.05, 4.69) is 62.3 Å². The van der Waals surface area contributed by atoms with Crippen molar-refractivity contribution in [3.63, 3.8) is 0 Å². The number of hydrogen-bond donors (Lipinski definition) is 0. The second kappa shape index (κ2) is 30.2. The Morgan fingerprint density at radius 3 is 0.765 bits per heavy atom. The van der Waals surface area contributed by atoms with Crippen LogP contribution in [0.2, 0.25) is 0 Å². The second-order valence-corrected chi connectivity index (χ2v) is 30.4. The summed E-state index contributed by atoms with van der Waals surface area (Å²) in [6, 6.07) is 0. The predicted octanol–water partition coefficient (Wildman–Crippen LogP) is 17.4. The zero-order valence-corrected chi connectivity index (χ0v) is 39.4. The molecule has 312 valence electrons. The quantitative estimate of drug-likeness (QED) is 0.0459. The molecule has 0 unspecified atom stereocenters. The van der Waals surface area contributed by atoms with Crippen LogP contribution in [0.3, 0.4) is 0 Å². The van der Waals surface area contributed by atoms with Crippen LogP contribution in [0, 0.1) is 0 Å². The maximum atomic E-state index is 16.2. The summed E-state index contributed by atoms with van der Waals surface area (Å²) in [5, 5.41) is 0. The Bertz CT molecular complexity index is 711. The van der Waals surface area contributed by atoms with Crippen molar-refractivity contribution in [3.05, 3.63) is 0 Å². The molecule has 0 aliphatic heterocycles. The third-order valence-electron chi connectivity index (χ3n) is 12.0. The van der Waals surface area contributed by atoms with Crippen LogP contribution < -0.4 is 0 Å².